The topological polar surface area (TPSA) is 352 Å². The quantitative estimate of drug-likeness (QED) is 0.0352. The Bertz CT molecular complexity index is 2080. The first-order valence-electron chi connectivity index (χ1n) is 22.4. The number of carboxylic acids is 1. The van der Waals surface area contributed by atoms with Crippen LogP contribution in [0.5, 0.6) is 5.75 Å². The van der Waals surface area contributed by atoms with Gasteiger partial charge in [-0.2, -0.15) is 0 Å². The zero-order valence-corrected chi connectivity index (χ0v) is 40.1. The molecule has 0 spiro atoms. The number of hydrogen-bond acceptors (Lipinski definition) is 10. The van der Waals surface area contributed by atoms with Crippen LogP contribution in [-0.2, 0) is 35.2 Å². The van der Waals surface area contributed by atoms with Crippen molar-refractivity contribution >= 4 is 69.3 Å². The van der Waals surface area contributed by atoms with Crippen molar-refractivity contribution in [2.45, 2.75) is 122 Å². The van der Waals surface area contributed by atoms with E-state index in [0.717, 1.165) is 0 Å². The Hall–Kier alpha value is -6.45. The molecule has 0 aliphatic carbocycles. The van der Waals surface area contributed by atoms with Gasteiger partial charge in [0.1, 0.15) is 42.0 Å². The summed E-state index contributed by atoms with van der Waals surface area (Å²) in [5, 5.41) is 33.4. The molecule has 1 saturated heterocycles. The molecular formula is C45H67BrN12O9. The molecule has 0 saturated carbocycles. The number of hydrogen-bond donors (Lipinski definition) is 11. The standard InChI is InChI=1S/C45H67BrN12O9/c1-5-26(4)36(41(64)56-34(43(66)67)23-25(2)3)57-39(62)33(24-27-16-18-28(59)19-17-27)55-40(63)35-15-10-22-58(35)42(65)32(14-9-21-52-45(49)50)54-38(61)31(13-8-20-51-44(47)48)53-37(60)29-11-6-7-12-30(29)46/h6-7,11-12,16-19,25-26,31-36,59H,5,8-10,13-15,20-24H2,1-4H3,(H,53,60)(H,54,61)(H,55,63)(H,56,64)(H,57,62)(H,66,67)(H4,47,48,51)(H4,49,50,52)/t26-,31-,32-,33-,34+,35-,36+/m0/s1. The van der Waals surface area contributed by atoms with Gasteiger partial charge in [0.25, 0.3) is 5.91 Å². The summed E-state index contributed by atoms with van der Waals surface area (Å²) in [5.41, 5.74) is 22.9. The Morgan fingerprint density at radius 2 is 1.34 bits per heavy atom. The number of benzene rings is 2. The van der Waals surface area contributed by atoms with Crippen LogP contribution in [0.4, 0.5) is 0 Å². The molecule has 368 valence electrons. The van der Waals surface area contributed by atoms with E-state index in [9.17, 15) is 43.8 Å². The normalized spacial score (nSPS) is 16.0. The molecule has 21 nitrogen and oxygen atoms in total. The van der Waals surface area contributed by atoms with Crippen LogP contribution < -0.4 is 49.5 Å². The van der Waals surface area contributed by atoms with Crippen molar-refractivity contribution in [2.24, 2.45) is 44.8 Å². The average Bonchev–Trinajstić information content (AvgIpc) is 3.77. The molecule has 0 aromatic heterocycles. The second-order valence-electron chi connectivity index (χ2n) is 17.0. The van der Waals surface area contributed by atoms with Crippen LogP contribution in [0.1, 0.15) is 95.0 Å². The van der Waals surface area contributed by atoms with Gasteiger partial charge in [0.05, 0.1) is 5.56 Å². The predicted octanol–water partition coefficient (Wildman–Crippen LogP) is 0.710. The van der Waals surface area contributed by atoms with E-state index in [1.807, 2.05) is 20.8 Å². The first-order chi connectivity index (χ1) is 31.7. The number of nitrogens with two attached hydrogens (primary N) is 4. The Kier molecular flexibility index (Phi) is 22.3. The van der Waals surface area contributed by atoms with Gasteiger partial charge in [0.15, 0.2) is 11.9 Å². The fourth-order valence-corrected chi connectivity index (χ4v) is 7.91. The van der Waals surface area contributed by atoms with E-state index in [1.54, 1.807) is 43.3 Å². The number of nitrogens with one attached hydrogen (secondary N) is 5. The van der Waals surface area contributed by atoms with Crippen molar-refractivity contribution in [3.63, 3.8) is 0 Å². The number of rotatable bonds is 26. The van der Waals surface area contributed by atoms with Crippen molar-refractivity contribution < 1.29 is 43.8 Å². The first-order valence-corrected chi connectivity index (χ1v) is 23.2. The third-order valence-corrected chi connectivity index (χ3v) is 11.9. The monoisotopic (exact) mass is 998 g/mol. The van der Waals surface area contributed by atoms with Crippen LogP contribution in [-0.4, -0.2) is 124 Å². The van der Waals surface area contributed by atoms with Gasteiger partial charge in [0.2, 0.25) is 29.5 Å². The van der Waals surface area contributed by atoms with Crippen LogP contribution in [0.15, 0.2) is 63.0 Å². The Balaban J connectivity index is 1.93. The highest BCUT2D eigenvalue weighted by Crippen LogP contribution is 2.22. The molecule has 1 fully saturated rings. The van der Waals surface area contributed by atoms with E-state index in [-0.39, 0.29) is 93.7 Å². The number of aliphatic carboxylic acids is 1. The number of aliphatic imine (C=N–C) groups is 2. The Morgan fingerprint density at radius 1 is 0.761 bits per heavy atom. The maximum atomic E-state index is 14.6. The number of likely N-dealkylation sites (tertiary alicyclic amines) is 1. The summed E-state index contributed by atoms with van der Waals surface area (Å²) in [4.78, 5) is 106. The van der Waals surface area contributed by atoms with E-state index in [0.29, 0.717) is 22.9 Å². The van der Waals surface area contributed by atoms with Gasteiger partial charge < -0.3 is 64.6 Å². The largest absolute Gasteiger partial charge is 0.508 e. The molecule has 0 unspecified atom stereocenters. The second kappa shape index (κ2) is 27.3. The SMILES string of the molecule is CC[C@H](C)[C@@H](NC(=O)[C@H](Cc1ccc(O)cc1)NC(=O)[C@@H]1CCCN1C(=O)[C@H](CCCN=C(N)N)NC(=O)[C@H](CCCN=C(N)N)NC(=O)c1ccccc1Br)C(=O)N[C@H](CC(C)C)C(=O)O. The van der Waals surface area contributed by atoms with Gasteiger partial charge in [-0.25, -0.2) is 4.79 Å². The summed E-state index contributed by atoms with van der Waals surface area (Å²) in [5.74, 6) is -6.03. The predicted molar refractivity (Wildman–Crippen MR) is 256 cm³/mol. The molecule has 3 rings (SSSR count). The van der Waals surface area contributed by atoms with Crippen molar-refractivity contribution in [3.8, 4) is 5.75 Å². The number of phenolic OH excluding ortho intramolecular Hbond substituents is 1. The van der Waals surface area contributed by atoms with Crippen LogP contribution in [0, 0.1) is 11.8 Å². The minimum absolute atomic E-state index is 0.0272. The third-order valence-electron chi connectivity index (χ3n) is 11.2. The molecule has 67 heavy (non-hydrogen) atoms. The van der Waals surface area contributed by atoms with Gasteiger partial charge in [-0.1, -0.05) is 58.4 Å². The zero-order chi connectivity index (χ0) is 49.8. The maximum Gasteiger partial charge on any atom is 0.326 e. The molecule has 6 amide bonds. The fourth-order valence-electron chi connectivity index (χ4n) is 7.45. The van der Waals surface area contributed by atoms with E-state index in [2.05, 4.69) is 52.5 Å². The molecule has 22 heteroatoms. The average molecular weight is 1000 g/mol. The molecular weight excluding hydrogens is 932 g/mol. The lowest BCUT2D eigenvalue weighted by molar-refractivity contribution is -0.143. The maximum absolute atomic E-state index is 14.6. The Labute approximate surface area is 399 Å². The molecule has 0 radical (unpaired) electrons. The first kappa shape index (κ1) is 54.9. The van der Waals surface area contributed by atoms with Crippen LogP contribution in [0.3, 0.4) is 0 Å². The number of carbonyl (C=O) groups is 7. The van der Waals surface area contributed by atoms with Gasteiger partial charge in [-0.15, -0.1) is 0 Å². The zero-order valence-electron chi connectivity index (χ0n) is 38.5. The van der Waals surface area contributed by atoms with Gasteiger partial charge in [-0.05, 0) is 103 Å². The van der Waals surface area contributed by atoms with E-state index in [1.165, 1.54) is 17.0 Å². The number of aromatic hydroxyl groups is 1. The Morgan fingerprint density at radius 3 is 1.91 bits per heavy atom. The second-order valence-corrected chi connectivity index (χ2v) is 17.8. The highest BCUT2D eigenvalue weighted by molar-refractivity contribution is 9.10. The number of nitrogens with zero attached hydrogens (tertiary/aromatic N) is 3. The lowest BCUT2D eigenvalue weighted by Gasteiger charge is -2.31. The van der Waals surface area contributed by atoms with Crippen molar-refractivity contribution in [3.05, 3.63) is 64.1 Å². The highest BCUT2D eigenvalue weighted by atomic mass is 79.9. The van der Waals surface area contributed by atoms with Crippen molar-refractivity contribution in [1.82, 2.24) is 31.5 Å². The van der Waals surface area contributed by atoms with Crippen LogP contribution in [0.2, 0.25) is 0 Å². The molecule has 1 aliphatic heterocycles. The van der Waals surface area contributed by atoms with E-state index < -0.39 is 83.6 Å². The van der Waals surface area contributed by atoms with Crippen molar-refractivity contribution in [2.75, 3.05) is 19.6 Å². The van der Waals surface area contributed by atoms with Gasteiger partial charge >= 0.3 is 5.97 Å². The van der Waals surface area contributed by atoms with Gasteiger partial charge in [0, 0.05) is 30.5 Å². The van der Waals surface area contributed by atoms with Crippen molar-refractivity contribution in [1.29, 1.82) is 0 Å². The summed E-state index contributed by atoms with van der Waals surface area (Å²) in [6.07, 6.45) is 1.77. The summed E-state index contributed by atoms with van der Waals surface area (Å²) in [6.45, 7) is 7.59. The summed E-state index contributed by atoms with van der Waals surface area (Å²) >= 11 is 3.36. The molecule has 2 aromatic rings. The molecule has 0 bridgehead atoms. The molecule has 15 N–H and O–H groups in total. The number of guanidine groups is 2. The van der Waals surface area contributed by atoms with Crippen LogP contribution >= 0.6 is 15.9 Å². The smallest absolute Gasteiger partial charge is 0.326 e. The third kappa shape index (κ3) is 18.0. The minimum Gasteiger partial charge on any atom is -0.508 e. The fraction of sp³-hybridized carbons (Fsp3) is 0.533. The number of carbonyl (C=O) groups excluding carboxylic acids is 6. The number of carboxylic acid groups (broad SMARTS) is 1. The molecule has 1 aliphatic rings. The number of phenols is 1. The highest BCUT2D eigenvalue weighted by Gasteiger charge is 2.40. The lowest BCUT2D eigenvalue weighted by Crippen LogP contribution is -2.60. The van der Waals surface area contributed by atoms with E-state index in [4.69, 9.17) is 22.9 Å². The van der Waals surface area contributed by atoms with E-state index >= 15 is 0 Å². The minimum atomic E-state index is -1.30. The summed E-state index contributed by atoms with van der Waals surface area (Å²) in [6, 6.07) is 5.49. The molecule has 7 atom stereocenters. The van der Waals surface area contributed by atoms with Crippen LogP contribution in [0.25, 0.3) is 0 Å². The van der Waals surface area contributed by atoms with Gasteiger partial charge in [-0.3, -0.25) is 38.8 Å². The molecule has 2 aromatic carbocycles. The lowest BCUT2D eigenvalue weighted by atomic mass is 9.96. The molecule has 1 heterocycles. The summed E-state index contributed by atoms with van der Waals surface area (Å²) < 4.78 is 0.493. The summed E-state index contributed by atoms with van der Waals surface area (Å²) in [7, 11) is 0. The number of halogens is 1. The number of amides is 6.